The minimum Gasteiger partial charge on any atom is -0.543 e. The summed E-state index contributed by atoms with van der Waals surface area (Å²) in [4.78, 5) is 24.2. The van der Waals surface area contributed by atoms with Gasteiger partial charge in [0.15, 0.2) is 0 Å². The number of fused-ring (bicyclic) bond motifs is 2. The second kappa shape index (κ2) is 5.48. The Bertz CT molecular complexity index is 616. The monoisotopic (exact) mass is 313 g/mol. The molecule has 0 bridgehead atoms. The number of β-lactam (4-membered cyclic amide) rings is 1. The fourth-order valence-electron chi connectivity index (χ4n) is 3.00. The van der Waals surface area contributed by atoms with E-state index in [1.165, 1.54) is 27.8 Å². The standard InChI is InChI=1S/C13H13N3O3S.Na/c17-11-9(12-16(11)10(6-20-12)13(18)19)5-7-4-8-2-1-3-15(8)14-7;/h4-7,12,14H,1-3H2,(H,18,19);/q;+1/p-1/b9-5+;/t7?,12-;/m0./s1. The summed E-state index contributed by atoms with van der Waals surface area (Å²) in [6.07, 6.45) is 6.25. The summed E-state index contributed by atoms with van der Waals surface area (Å²) < 4.78 is 0. The largest absolute Gasteiger partial charge is 1.00 e. The molecule has 0 aliphatic carbocycles. The molecule has 104 valence electrons. The van der Waals surface area contributed by atoms with Gasteiger partial charge in [-0.05, 0) is 24.3 Å². The summed E-state index contributed by atoms with van der Waals surface area (Å²) in [5.41, 5.74) is 5.24. The summed E-state index contributed by atoms with van der Waals surface area (Å²) in [6, 6.07) is 0.0269. The number of hydrazine groups is 1. The van der Waals surface area contributed by atoms with Gasteiger partial charge in [0.25, 0.3) is 5.91 Å². The zero-order valence-electron chi connectivity index (χ0n) is 11.5. The molecule has 2 fully saturated rings. The number of carboxylic acids is 1. The third kappa shape index (κ3) is 2.27. The van der Waals surface area contributed by atoms with Crippen LogP contribution in [-0.2, 0) is 9.59 Å². The zero-order chi connectivity index (χ0) is 13.9. The van der Waals surface area contributed by atoms with E-state index in [-0.39, 0.29) is 52.6 Å². The van der Waals surface area contributed by atoms with Gasteiger partial charge < -0.3 is 14.9 Å². The Balaban J connectivity index is 0.00000132. The van der Waals surface area contributed by atoms with Crippen LogP contribution in [0, 0.1) is 0 Å². The van der Waals surface area contributed by atoms with Gasteiger partial charge >= 0.3 is 29.6 Å². The molecule has 8 heteroatoms. The van der Waals surface area contributed by atoms with Gasteiger partial charge in [-0.25, -0.2) is 5.43 Å². The number of nitrogens with zero attached hydrogens (tertiary/aromatic N) is 2. The summed E-state index contributed by atoms with van der Waals surface area (Å²) in [6.45, 7) is 1.00. The number of carbonyl (C=O) groups is 2. The van der Waals surface area contributed by atoms with Crippen LogP contribution in [0.3, 0.4) is 0 Å². The van der Waals surface area contributed by atoms with Gasteiger partial charge in [-0.1, -0.05) is 6.08 Å². The minimum absolute atomic E-state index is 0. The molecule has 0 aromatic rings. The normalized spacial score (nSPS) is 31.4. The Morgan fingerprint density at radius 3 is 3.05 bits per heavy atom. The van der Waals surface area contributed by atoms with Crippen molar-refractivity contribution in [2.24, 2.45) is 0 Å². The topological polar surface area (TPSA) is 75.7 Å². The third-order valence-electron chi connectivity index (χ3n) is 3.94. The van der Waals surface area contributed by atoms with E-state index >= 15 is 0 Å². The fraction of sp³-hybridized carbons (Fsp3) is 0.385. The maximum absolute atomic E-state index is 12.0. The molecular weight excluding hydrogens is 301 g/mol. The summed E-state index contributed by atoms with van der Waals surface area (Å²) >= 11 is 1.34. The van der Waals surface area contributed by atoms with E-state index in [0.717, 1.165) is 19.4 Å². The molecule has 2 saturated heterocycles. The first-order valence-electron chi connectivity index (χ1n) is 6.52. The second-order valence-electron chi connectivity index (χ2n) is 5.14. The molecule has 21 heavy (non-hydrogen) atoms. The van der Waals surface area contributed by atoms with Crippen molar-refractivity contribution in [2.75, 3.05) is 6.54 Å². The van der Waals surface area contributed by atoms with Gasteiger partial charge in [-0.2, -0.15) is 0 Å². The predicted molar refractivity (Wildman–Crippen MR) is 70.3 cm³/mol. The maximum atomic E-state index is 12.0. The third-order valence-corrected chi connectivity index (χ3v) is 5.02. The summed E-state index contributed by atoms with van der Waals surface area (Å²) in [5, 5.41) is 14.3. The Morgan fingerprint density at radius 2 is 2.33 bits per heavy atom. The van der Waals surface area contributed by atoms with Crippen molar-refractivity contribution in [2.45, 2.75) is 24.3 Å². The molecule has 6 nitrogen and oxygen atoms in total. The van der Waals surface area contributed by atoms with Gasteiger partial charge in [0.1, 0.15) is 5.37 Å². The van der Waals surface area contributed by atoms with Gasteiger partial charge in [-0.3, -0.25) is 9.69 Å². The van der Waals surface area contributed by atoms with Crippen LogP contribution in [-0.4, -0.2) is 39.7 Å². The Labute approximate surface area is 148 Å². The number of amides is 1. The van der Waals surface area contributed by atoms with Crippen LogP contribution in [0.4, 0.5) is 0 Å². The molecule has 0 aromatic heterocycles. The number of hydrogen-bond donors (Lipinski definition) is 1. The van der Waals surface area contributed by atoms with Crippen LogP contribution in [0.25, 0.3) is 0 Å². The second-order valence-corrected chi connectivity index (χ2v) is 6.10. The van der Waals surface area contributed by atoms with Crippen LogP contribution < -0.4 is 40.1 Å². The van der Waals surface area contributed by atoms with Gasteiger partial charge in [-0.15, -0.1) is 11.8 Å². The quantitative estimate of drug-likeness (QED) is 0.321. The number of carbonyl (C=O) groups excluding carboxylic acids is 2. The molecule has 2 atom stereocenters. The fourth-order valence-corrected chi connectivity index (χ4v) is 4.13. The number of carboxylic acid groups (broad SMARTS) is 1. The number of nitrogens with one attached hydrogen (secondary N) is 1. The van der Waals surface area contributed by atoms with Crippen molar-refractivity contribution in [3.63, 3.8) is 0 Å². The maximum Gasteiger partial charge on any atom is 1.00 e. The molecule has 4 rings (SSSR count). The number of hydrogen-bond acceptors (Lipinski definition) is 6. The first-order chi connectivity index (χ1) is 9.65. The van der Waals surface area contributed by atoms with Crippen LogP contribution in [0.5, 0.6) is 0 Å². The SMILES string of the molecule is O=C([O-])C1=CS[C@H]2/C(=C/C3C=C4CCCN4N3)C(=O)N12.[Na+]. The van der Waals surface area contributed by atoms with Gasteiger partial charge in [0.05, 0.1) is 17.7 Å². The number of thioether (sulfide) groups is 1. The molecule has 1 N–H and O–H groups in total. The van der Waals surface area contributed by atoms with Crippen LogP contribution in [0.15, 0.2) is 34.5 Å². The average molecular weight is 313 g/mol. The van der Waals surface area contributed by atoms with E-state index < -0.39 is 5.97 Å². The molecule has 1 amide bonds. The van der Waals surface area contributed by atoms with Crippen molar-refractivity contribution in [3.05, 3.63) is 34.5 Å². The zero-order valence-corrected chi connectivity index (χ0v) is 14.4. The Morgan fingerprint density at radius 1 is 1.52 bits per heavy atom. The van der Waals surface area contributed by atoms with Gasteiger partial charge in [0, 0.05) is 17.8 Å². The smallest absolute Gasteiger partial charge is 0.543 e. The number of aliphatic carboxylic acids is 1. The van der Waals surface area contributed by atoms with Gasteiger partial charge in [0.2, 0.25) is 0 Å². The average Bonchev–Trinajstić information content (AvgIpc) is 3.07. The van der Waals surface area contributed by atoms with Crippen molar-refractivity contribution < 1.29 is 44.3 Å². The molecule has 0 radical (unpaired) electrons. The van der Waals surface area contributed by atoms with Crippen molar-refractivity contribution >= 4 is 23.6 Å². The van der Waals surface area contributed by atoms with Crippen LogP contribution in [0.2, 0.25) is 0 Å². The van der Waals surface area contributed by atoms with E-state index in [4.69, 9.17) is 0 Å². The summed E-state index contributed by atoms with van der Waals surface area (Å²) in [7, 11) is 0. The first kappa shape index (κ1) is 15.2. The Kier molecular flexibility index (Phi) is 3.96. The first-order valence-corrected chi connectivity index (χ1v) is 7.46. The molecule has 0 spiro atoms. The molecule has 4 aliphatic heterocycles. The molecule has 1 unspecified atom stereocenters. The summed E-state index contributed by atoms with van der Waals surface area (Å²) in [5.74, 6) is -1.53. The van der Waals surface area contributed by atoms with E-state index in [1.807, 2.05) is 6.08 Å². The molecular formula is C13H12N3NaO3S. The van der Waals surface area contributed by atoms with E-state index in [2.05, 4.69) is 16.5 Å². The number of rotatable bonds is 2. The molecule has 4 aliphatic rings. The van der Waals surface area contributed by atoms with E-state index in [9.17, 15) is 14.7 Å². The van der Waals surface area contributed by atoms with E-state index in [0.29, 0.717) is 5.57 Å². The van der Waals surface area contributed by atoms with Crippen LogP contribution >= 0.6 is 11.8 Å². The van der Waals surface area contributed by atoms with E-state index in [1.54, 1.807) is 0 Å². The minimum atomic E-state index is -1.30. The molecule has 4 heterocycles. The van der Waals surface area contributed by atoms with Crippen molar-refractivity contribution in [1.29, 1.82) is 0 Å². The van der Waals surface area contributed by atoms with Crippen LogP contribution in [0.1, 0.15) is 12.8 Å². The molecule has 0 aromatic carbocycles. The number of allylic oxidation sites excluding steroid dienone is 1. The Hall–Kier alpha value is -0.730. The van der Waals surface area contributed by atoms with Crippen molar-refractivity contribution in [1.82, 2.24) is 15.3 Å². The predicted octanol–water partition coefficient (Wildman–Crippen LogP) is -3.71. The van der Waals surface area contributed by atoms with Crippen molar-refractivity contribution in [3.8, 4) is 0 Å². The molecule has 0 saturated carbocycles.